The van der Waals surface area contributed by atoms with Crippen molar-refractivity contribution in [3.8, 4) is 5.75 Å². The first-order valence-electron chi connectivity index (χ1n) is 5.29. The molecule has 0 heterocycles. The molecule has 0 spiro atoms. The maximum atomic E-state index is 11.0. The van der Waals surface area contributed by atoms with E-state index in [2.05, 4.69) is 6.58 Å². The monoisotopic (exact) mass is 236 g/mol. The van der Waals surface area contributed by atoms with Gasteiger partial charge in [0.05, 0.1) is 6.61 Å². The topological polar surface area (TPSA) is 55.8 Å². The molecule has 0 aromatic heterocycles. The molecular weight excluding hydrogens is 220 g/mol. The van der Waals surface area contributed by atoms with Crippen LogP contribution < -0.4 is 4.74 Å². The summed E-state index contributed by atoms with van der Waals surface area (Å²) in [4.78, 5) is 11.0. The van der Waals surface area contributed by atoms with Crippen LogP contribution in [-0.4, -0.2) is 30.4 Å². The lowest BCUT2D eigenvalue weighted by atomic mass is 10.2. The molecule has 0 radical (unpaired) electrons. The van der Waals surface area contributed by atoms with Gasteiger partial charge in [-0.2, -0.15) is 0 Å². The zero-order valence-electron chi connectivity index (χ0n) is 9.76. The van der Waals surface area contributed by atoms with Crippen molar-refractivity contribution in [3.63, 3.8) is 0 Å². The number of carbonyl (C=O) groups is 1. The van der Waals surface area contributed by atoms with Crippen LogP contribution in [0.3, 0.4) is 0 Å². The summed E-state index contributed by atoms with van der Waals surface area (Å²) < 4.78 is 10.3. The molecule has 0 fully saturated rings. The Morgan fingerprint density at radius 2 is 2.24 bits per heavy atom. The Morgan fingerprint density at radius 3 is 2.82 bits per heavy atom. The van der Waals surface area contributed by atoms with E-state index in [1.807, 2.05) is 31.2 Å². The minimum Gasteiger partial charge on any atom is -0.489 e. The fourth-order valence-electron chi connectivity index (χ4n) is 1.24. The number of aryl methyl sites for hydroxylation is 1. The van der Waals surface area contributed by atoms with Crippen LogP contribution in [0.1, 0.15) is 5.56 Å². The maximum Gasteiger partial charge on any atom is 0.330 e. The van der Waals surface area contributed by atoms with E-state index in [9.17, 15) is 4.79 Å². The normalized spacial score (nSPS) is 11.6. The number of esters is 1. The summed E-state index contributed by atoms with van der Waals surface area (Å²) in [7, 11) is 0. The molecule has 1 rings (SSSR count). The Kier molecular flexibility index (Phi) is 5.23. The Balaban J connectivity index is 2.50. The molecule has 0 amide bonds. The number of carbonyl (C=O) groups excluding carboxylic acids is 1. The highest BCUT2D eigenvalue weighted by molar-refractivity contribution is 5.81. The molecule has 0 saturated heterocycles. The van der Waals surface area contributed by atoms with Crippen LogP contribution in [0.25, 0.3) is 0 Å². The zero-order valence-corrected chi connectivity index (χ0v) is 9.76. The van der Waals surface area contributed by atoms with Gasteiger partial charge in [0, 0.05) is 6.08 Å². The predicted octanol–water partition coefficient (Wildman–Crippen LogP) is 1.46. The number of hydrogen-bond donors (Lipinski definition) is 1. The van der Waals surface area contributed by atoms with Crippen molar-refractivity contribution >= 4 is 5.97 Å². The lowest BCUT2D eigenvalue weighted by Gasteiger charge is -2.16. The molecule has 4 heteroatoms. The van der Waals surface area contributed by atoms with Gasteiger partial charge in [-0.25, -0.2) is 4.79 Å². The van der Waals surface area contributed by atoms with Gasteiger partial charge < -0.3 is 14.6 Å². The van der Waals surface area contributed by atoms with E-state index in [1.54, 1.807) is 0 Å². The van der Waals surface area contributed by atoms with Crippen LogP contribution in [0.15, 0.2) is 36.9 Å². The third-order valence-electron chi connectivity index (χ3n) is 2.17. The van der Waals surface area contributed by atoms with Crippen molar-refractivity contribution < 1.29 is 19.4 Å². The summed E-state index contributed by atoms with van der Waals surface area (Å²) in [5.74, 6) is 0.137. The van der Waals surface area contributed by atoms with Crippen molar-refractivity contribution in [3.05, 3.63) is 42.5 Å². The van der Waals surface area contributed by atoms with Crippen LogP contribution in [0.4, 0.5) is 0 Å². The summed E-state index contributed by atoms with van der Waals surface area (Å²) in [6.07, 6.45) is 0.372. The average molecular weight is 236 g/mol. The first-order chi connectivity index (χ1) is 8.17. The molecule has 92 valence electrons. The minimum atomic E-state index is -0.680. The molecule has 1 aromatic carbocycles. The Morgan fingerprint density at radius 1 is 1.53 bits per heavy atom. The molecule has 1 N–H and O–H groups in total. The number of ether oxygens (including phenoxy) is 2. The van der Waals surface area contributed by atoms with E-state index in [0.717, 1.165) is 11.6 Å². The summed E-state index contributed by atoms with van der Waals surface area (Å²) in [6.45, 7) is 5.02. The fraction of sp³-hybridized carbons (Fsp3) is 0.308. The van der Waals surface area contributed by atoms with Crippen molar-refractivity contribution in [1.29, 1.82) is 0 Å². The molecule has 0 aliphatic rings. The lowest BCUT2D eigenvalue weighted by molar-refractivity contribution is -0.146. The fourth-order valence-corrected chi connectivity index (χ4v) is 1.24. The summed E-state index contributed by atoms with van der Waals surface area (Å²) in [5.41, 5.74) is 0.985. The SMILES string of the molecule is C=CC(=O)OC(CO)COc1ccccc1C. The Labute approximate surface area is 100 Å². The quantitative estimate of drug-likeness (QED) is 0.600. The van der Waals surface area contributed by atoms with Crippen LogP contribution >= 0.6 is 0 Å². The predicted molar refractivity (Wildman–Crippen MR) is 63.8 cm³/mol. The van der Waals surface area contributed by atoms with Crippen molar-refractivity contribution in [2.45, 2.75) is 13.0 Å². The van der Waals surface area contributed by atoms with E-state index < -0.39 is 12.1 Å². The number of benzene rings is 1. The maximum absolute atomic E-state index is 11.0. The minimum absolute atomic E-state index is 0.112. The van der Waals surface area contributed by atoms with Crippen LogP contribution in [0.2, 0.25) is 0 Å². The zero-order chi connectivity index (χ0) is 12.7. The molecule has 0 bridgehead atoms. The van der Waals surface area contributed by atoms with Crippen molar-refractivity contribution in [2.75, 3.05) is 13.2 Å². The van der Waals surface area contributed by atoms with E-state index >= 15 is 0 Å². The van der Waals surface area contributed by atoms with Gasteiger partial charge in [0.25, 0.3) is 0 Å². The Bertz CT molecular complexity index is 387. The largest absolute Gasteiger partial charge is 0.489 e. The highest BCUT2D eigenvalue weighted by atomic mass is 16.6. The van der Waals surface area contributed by atoms with Crippen LogP contribution in [-0.2, 0) is 9.53 Å². The number of aliphatic hydroxyl groups is 1. The van der Waals surface area contributed by atoms with Gasteiger partial charge in [-0.3, -0.25) is 0 Å². The number of aliphatic hydroxyl groups excluding tert-OH is 1. The number of hydrogen-bond acceptors (Lipinski definition) is 4. The summed E-state index contributed by atoms with van der Waals surface area (Å²) >= 11 is 0. The highest BCUT2D eigenvalue weighted by Gasteiger charge is 2.12. The molecule has 0 aliphatic heterocycles. The second kappa shape index (κ2) is 6.70. The third kappa shape index (κ3) is 4.28. The summed E-state index contributed by atoms with van der Waals surface area (Å²) in [6, 6.07) is 7.49. The van der Waals surface area contributed by atoms with Crippen molar-refractivity contribution in [1.82, 2.24) is 0 Å². The highest BCUT2D eigenvalue weighted by Crippen LogP contribution is 2.16. The van der Waals surface area contributed by atoms with Crippen molar-refractivity contribution in [2.24, 2.45) is 0 Å². The molecular formula is C13H16O4. The average Bonchev–Trinajstić information content (AvgIpc) is 2.35. The number of rotatable bonds is 6. The standard InChI is InChI=1S/C13H16O4/c1-3-13(15)17-11(8-14)9-16-12-7-5-4-6-10(12)2/h3-7,11,14H,1,8-9H2,2H3. The Hall–Kier alpha value is -1.81. The third-order valence-corrected chi connectivity index (χ3v) is 2.17. The smallest absolute Gasteiger partial charge is 0.330 e. The van der Waals surface area contributed by atoms with Gasteiger partial charge in [-0.05, 0) is 18.6 Å². The molecule has 17 heavy (non-hydrogen) atoms. The van der Waals surface area contributed by atoms with Gasteiger partial charge in [0.2, 0.25) is 0 Å². The molecule has 1 unspecified atom stereocenters. The van der Waals surface area contributed by atoms with Crippen LogP contribution in [0.5, 0.6) is 5.75 Å². The molecule has 4 nitrogen and oxygen atoms in total. The van der Waals surface area contributed by atoms with E-state index in [4.69, 9.17) is 14.6 Å². The van der Waals surface area contributed by atoms with E-state index in [-0.39, 0.29) is 13.2 Å². The van der Waals surface area contributed by atoms with E-state index in [1.165, 1.54) is 0 Å². The van der Waals surface area contributed by atoms with Gasteiger partial charge in [-0.1, -0.05) is 24.8 Å². The molecule has 0 saturated carbocycles. The first kappa shape index (κ1) is 13.3. The second-order valence-electron chi connectivity index (χ2n) is 3.52. The second-order valence-corrected chi connectivity index (χ2v) is 3.52. The van der Waals surface area contributed by atoms with Gasteiger partial charge in [0.1, 0.15) is 12.4 Å². The van der Waals surface area contributed by atoms with Gasteiger partial charge >= 0.3 is 5.97 Å². The molecule has 1 atom stereocenters. The number of para-hydroxylation sites is 1. The molecule has 1 aromatic rings. The first-order valence-corrected chi connectivity index (χ1v) is 5.29. The van der Waals surface area contributed by atoms with Crippen LogP contribution in [0, 0.1) is 6.92 Å². The summed E-state index contributed by atoms with van der Waals surface area (Å²) in [5, 5.41) is 9.03. The van der Waals surface area contributed by atoms with E-state index in [0.29, 0.717) is 5.75 Å². The van der Waals surface area contributed by atoms with Gasteiger partial charge in [-0.15, -0.1) is 0 Å². The molecule has 0 aliphatic carbocycles. The van der Waals surface area contributed by atoms with Gasteiger partial charge in [0.15, 0.2) is 6.10 Å². The lowest BCUT2D eigenvalue weighted by Crippen LogP contribution is -2.27.